The van der Waals surface area contributed by atoms with E-state index >= 15 is 0 Å². The van der Waals surface area contributed by atoms with Gasteiger partial charge in [-0.05, 0) is 18.8 Å². The van der Waals surface area contributed by atoms with Gasteiger partial charge in [-0.15, -0.1) is 0 Å². The average molecular weight is 154 g/mol. The predicted molar refractivity (Wildman–Crippen MR) is 46.4 cm³/mol. The second-order valence-corrected chi connectivity index (χ2v) is 3.61. The van der Waals surface area contributed by atoms with Crippen LogP contribution in [0.5, 0.6) is 0 Å². The van der Waals surface area contributed by atoms with Gasteiger partial charge in [-0.25, -0.2) is 0 Å². The Morgan fingerprint density at radius 2 is 1.91 bits per heavy atom. The van der Waals surface area contributed by atoms with E-state index in [2.05, 4.69) is 13.8 Å². The van der Waals surface area contributed by atoms with Crippen LogP contribution in [-0.2, 0) is 4.79 Å². The molecule has 64 valence electrons. The van der Waals surface area contributed by atoms with Gasteiger partial charge in [0.05, 0.1) is 0 Å². The normalized spacial score (nSPS) is 30.2. The van der Waals surface area contributed by atoms with E-state index in [4.69, 9.17) is 0 Å². The van der Waals surface area contributed by atoms with Crippen molar-refractivity contribution in [3.8, 4) is 0 Å². The van der Waals surface area contributed by atoms with Crippen molar-refractivity contribution >= 4 is 5.78 Å². The summed E-state index contributed by atoms with van der Waals surface area (Å²) in [5, 5.41) is 0. The number of ketones is 1. The molecule has 0 bridgehead atoms. The van der Waals surface area contributed by atoms with Gasteiger partial charge in [-0.1, -0.05) is 26.7 Å². The van der Waals surface area contributed by atoms with Crippen molar-refractivity contribution in [1.29, 1.82) is 0 Å². The number of Topliss-reactive ketones (excluding diaryl/α,β-unsaturated/α-hetero) is 1. The summed E-state index contributed by atoms with van der Waals surface area (Å²) in [5.74, 6) is 1.71. The molecule has 1 rings (SSSR count). The van der Waals surface area contributed by atoms with Crippen LogP contribution in [0.1, 0.15) is 46.0 Å². The Balaban J connectivity index is 2.29. The maximum Gasteiger partial charge on any atom is 0.136 e. The highest BCUT2D eigenvalue weighted by molar-refractivity contribution is 5.87. The number of carbonyl (C=O) groups is 1. The first kappa shape index (κ1) is 8.76. The van der Waals surface area contributed by atoms with Crippen LogP contribution in [-0.4, -0.2) is 5.78 Å². The van der Waals surface area contributed by atoms with Crippen molar-refractivity contribution in [2.45, 2.75) is 46.0 Å². The quantitative estimate of drug-likeness (QED) is 0.608. The molecular formula is C10H18O. The van der Waals surface area contributed by atoms with Crippen molar-refractivity contribution in [1.82, 2.24) is 0 Å². The largest absolute Gasteiger partial charge is 0.299 e. The summed E-state index contributed by atoms with van der Waals surface area (Å²) < 4.78 is 0. The van der Waals surface area contributed by atoms with Gasteiger partial charge in [0, 0.05) is 12.3 Å². The summed E-state index contributed by atoms with van der Waals surface area (Å²) in [6, 6.07) is 0. The van der Waals surface area contributed by atoms with E-state index in [0.717, 1.165) is 25.2 Å². The summed E-state index contributed by atoms with van der Waals surface area (Å²) in [6.07, 6.45) is 5.66. The zero-order chi connectivity index (χ0) is 8.27. The number of carbonyl (C=O) groups excluding carboxylic acids is 1. The van der Waals surface area contributed by atoms with Crippen LogP contribution >= 0.6 is 0 Å². The minimum atomic E-state index is 0.444. The minimum absolute atomic E-state index is 0.444. The highest BCUT2D eigenvalue weighted by Gasteiger charge is 2.37. The van der Waals surface area contributed by atoms with Crippen molar-refractivity contribution < 1.29 is 4.79 Å². The van der Waals surface area contributed by atoms with Gasteiger partial charge in [0.15, 0.2) is 0 Å². The van der Waals surface area contributed by atoms with E-state index in [1.807, 2.05) is 0 Å². The molecular weight excluding hydrogens is 136 g/mol. The van der Waals surface area contributed by atoms with Crippen LogP contribution in [0, 0.1) is 11.8 Å². The van der Waals surface area contributed by atoms with Gasteiger partial charge < -0.3 is 0 Å². The van der Waals surface area contributed by atoms with Crippen molar-refractivity contribution in [3.05, 3.63) is 0 Å². The third-order valence-electron chi connectivity index (χ3n) is 2.71. The van der Waals surface area contributed by atoms with E-state index < -0.39 is 0 Å². The minimum Gasteiger partial charge on any atom is -0.299 e. The lowest BCUT2D eigenvalue weighted by molar-refractivity contribution is -0.134. The third-order valence-corrected chi connectivity index (χ3v) is 2.71. The van der Waals surface area contributed by atoms with Gasteiger partial charge in [0.1, 0.15) is 5.78 Å². The Morgan fingerprint density at radius 3 is 2.36 bits per heavy atom. The molecule has 0 unspecified atom stereocenters. The van der Waals surface area contributed by atoms with Gasteiger partial charge in [0.25, 0.3) is 0 Å². The zero-order valence-electron chi connectivity index (χ0n) is 7.60. The summed E-state index contributed by atoms with van der Waals surface area (Å²) in [7, 11) is 0. The molecule has 0 radical (unpaired) electrons. The summed E-state index contributed by atoms with van der Waals surface area (Å²) in [6.45, 7) is 4.36. The molecule has 0 spiro atoms. The Morgan fingerprint density at radius 1 is 1.27 bits per heavy atom. The maximum absolute atomic E-state index is 11.1. The lowest BCUT2D eigenvalue weighted by Crippen LogP contribution is -2.36. The second kappa shape index (κ2) is 3.89. The lowest BCUT2D eigenvalue weighted by atomic mass is 9.68. The van der Waals surface area contributed by atoms with E-state index in [-0.39, 0.29) is 0 Å². The average Bonchev–Trinajstić information content (AvgIpc) is 2.00. The molecule has 0 heterocycles. The summed E-state index contributed by atoms with van der Waals surface area (Å²) in [4.78, 5) is 11.1. The molecule has 0 N–H and O–H groups in total. The van der Waals surface area contributed by atoms with Crippen LogP contribution in [0.2, 0.25) is 0 Å². The van der Waals surface area contributed by atoms with E-state index in [1.54, 1.807) is 0 Å². The van der Waals surface area contributed by atoms with Gasteiger partial charge in [-0.3, -0.25) is 4.79 Å². The van der Waals surface area contributed by atoms with E-state index in [9.17, 15) is 4.79 Å². The molecule has 1 nitrogen and oxygen atoms in total. The molecule has 1 heteroatoms. The maximum atomic E-state index is 11.1. The smallest absolute Gasteiger partial charge is 0.136 e. The first-order chi connectivity index (χ1) is 5.29. The monoisotopic (exact) mass is 154 g/mol. The highest BCUT2D eigenvalue weighted by Crippen LogP contribution is 2.37. The molecule has 0 aromatic carbocycles. The zero-order valence-corrected chi connectivity index (χ0v) is 7.60. The van der Waals surface area contributed by atoms with Crippen molar-refractivity contribution in [2.24, 2.45) is 11.8 Å². The van der Waals surface area contributed by atoms with Gasteiger partial charge in [-0.2, -0.15) is 0 Å². The van der Waals surface area contributed by atoms with Crippen LogP contribution in [0.25, 0.3) is 0 Å². The molecule has 1 saturated carbocycles. The summed E-state index contributed by atoms with van der Waals surface area (Å²) >= 11 is 0. The molecule has 0 aromatic heterocycles. The Hall–Kier alpha value is -0.330. The molecule has 0 saturated heterocycles. The van der Waals surface area contributed by atoms with Crippen LogP contribution in [0.3, 0.4) is 0 Å². The number of rotatable bonds is 4. The van der Waals surface area contributed by atoms with E-state index in [0.29, 0.717) is 11.7 Å². The lowest BCUT2D eigenvalue weighted by Gasteiger charge is -2.34. The van der Waals surface area contributed by atoms with Crippen molar-refractivity contribution in [3.63, 3.8) is 0 Å². The Bertz CT molecular complexity index is 140. The molecule has 0 amide bonds. The topological polar surface area (TPSA) is 17.1 Å². The molecule has 1 fully saturated rings. The molecule has 0 aliphatic heterocycles. The molecule has 1 aliphatic carbocycles. The number of hydrogen-bond donors (Lipinski definition) is 0. The van der Waals surface area contributed by atoms with Crippen molar-refractivity contribution in [2.75, 3.05) is 0 Å². The van der Waals surface area contributed by atoms with Crippen LogP contribution < -0.4 is 0 Å². The fourth-order valence-electron chi connectivity index (χ4n) is 2.04. The van der Waals surface area contributed by atoms with E-state index in [1.165, 1.54) is 12.8 Å². The summed E-state index contributed by atoms with van der Waals surface area (Å²) in [5.41, 5.74) is 0. The Labute approximate surface area is 69.2 Å². The first-order valence-electron chi connectivity index (χ1n) is 4.82. The Kier molecular flexibility index (Phi) is 3.10. The fraction of sp³-hybridized carbons (Fsp3) is 0.900. The highest BCUT2D eigenvalue weighted by atomic mass is 16.1. The SMILES string of the molecule is CCC[C@@H]1CC(=O)[C@H]1CCC. The molecule has 2 atom stereocenters. The predicted octanol–water partition coefficient (Wildman–Crippen LogP) is 2.79. The first-order valence-corrected chi connectivity index (χ1v) is 4.82. The van der Waals surface area contributed by atoms with Gasteiger partial charge >= 0.3 is 0 Å². The van der Waals surface area contributed by atoms with Crippen LogP contribution in [0.4, 0.5) is 0 Å². The standard InChI is InChI=1S/C10H18O/c1-3-5-8-7-10(11)9(8)6-4-2/h8-9H,3-7H2,1-2H3/t8-,9+/m1/s1. The van der Waals surface area contributed by atoms with Crippen LogP contribution in [0.15, 0.2) is 0 Å². The third kappa shape index (κ3) is 1.82. The van der Waals surface area contributed by atoms with Gasteiger partial charge in [0.2, 0.25) is 0 Å². The fourth-order valence-corrected chi connectivity index (χ4v) is 2.04. The second-order valence-electron chi connectivity index (χ2n) is 3.61. The molecule has 11 heavy (non-hydrogen) atoms. The molecule has 0 aromatic rings. The molecule has 1 aliphatic rings. The number of hydrogen-bond acceptors (Lipinski definition) is 1.